The Balaban J connectivity index is 2.18. The molecule has 0 spiro atoms. The van der Waals surface area contributed by atoms with Crippen molar-refractivity contribution in [2.45, 2.75) is 6.04 Å². The van der Waals surface area contributed by atoms with E-state index in [0.717, 1.165) is 26.4 Å². The van der Waals surface area contributed by atoms with Gasteiger partial charge in [0.05, 0.1) is 6.04 Å². The Morgan fingerprint density at radius 3 is 2.14 bits per heavy atom. The molecule has 3 rings (SSSR count). The Kier molecular flexibility index (Phi) is 4.23. The molecule has 0 saturated carbocycles. The number of hydrogen-bond donors (Lipinski definition) is 1. The number of fused-ring (bicyclic) bond motifs is 1. The highest BCUT2D eigenvalue weighted by molar-refractivity contribution is 9.10. The van der Waals surface area contributed by atoms with Gasteiger partial charge in [0.15, 0.2) is 0 Å². The van der Waals surface area contributed by atoms with Crippen molar-refractivity contribution < 1.29 is 0 Å². The van der Waals surface area contributed by atoms with Gasteiger partial charge in [0.1, 0.15) is 0 Å². The third-order valence-electron chi connectivity index (χ3n) is 3.48. The molecular weight excluding hydrogens is 369 g/mol. The topological polar surface area (TPSA) is 26.0 Å². The van der Waals surface area contributed by atoms with Gasteiger partial charge in [0, 0.05) is 14.5 Å². The fourth-order valence-corrected chi connectivity index (χ4v) is 3.51. The maximum Gasteiger partial charge on any atom is 0.0558 e. The molecule has 0 saturated heterocycles. The van der Waals surface area contributed by atoms with Crippen molar-refractivity contribution in [2.75, 3.05) is 0 Å². The van der Waals surface area contributed by atoms with E-state index in [4.69, 9.17) is 28.9 Å². The van der Waals surface area contributed by atoms with Gasteiger partial charge in [-0.25, -0.2) is 0 Å². The van der Waals surface area contributed by atoms with Gasteiger partial charge < -0.3 is 5.73 Å². The summed E-state index contributed by atoms with van der Waals surface area (Å²) in [4.78, 5) is 0. The zero-order valence-electron chi connectivity index (χ0n) is 11.0. The summed E-state index contributed by atoms with van der Waals surface area (Å²) < 4.78 is 1.05. The number of benzene rings is 3. The minimum Gasteiger partial charge on any atom is -0.320 e. The molecule has 1 nitrogen and oxygen atoms in total. The third-order valence-corrected chi connectivity index (χ3v) is 4.61. The van der Waals surface area contributed by atoms with Gasteiger partial charge in [0.25, 0.3) is 0 Å². The Labute approximate surface area is 141 Å². The van der Waals surface area contributed by atoms with Crippen LogP contribution in [0.3, 0.4) is 0 Å². The van der Waals surface area contributed by atoms with Crippen molar-refractivity contribution in [2.24, 2.45) is 5.73 Å². The second-order valence-corrected chi connectivity index (χ2v) is 6.59. The second kappa shape index (κ2) is 5.98. The molecule has 21 heavy (non-hydrogen) atoms. The zero-order valence-corrected chi connectivity index (χ0v) is 14.1. The molecule has 3 aromatic rings. The highest BCUT2D eigenvalue weighted by Gasteiger charge is 2.14. The molecule has 0 aliphatic carbocycles. The van der Waals surface area contributed by atoms with Crippen LogP contribution >= 0.6 is 39.1 Å². The van der Waals surface area contributed by atoms with Crippen LogP contribution < -0.4 is 5.73 Å². The van der Waals surface area contributed by atoms with Crippen molar-refractivity contribution in [1.29, 1.82) is 0 Å². The molecule has 1 atom stereocenters. The van der Waals surface area contributed by atoms with E-state index in [1.807, 2.05) is 36.4 Å². The number of halogens is 3. The molecule has 0 aliphatic rings. The van der Waals surface area contributed by atoms with Crippen LogP contribution in [0.15, 0.2) is 59.1 Å². The normalized spacial score (nSPS) is 12.6. The maximum absolute atomic E-state index is 6.44. The molecule has 1 unspecified atom stereocenters. The summed E-state index contributed by atoms with van der Waals surface area (Å²) in [7, 11) is 0. The molecule has 0 aliphatic heterocycles. The summed E-state index contributed by atoms with van der Waals surface area (Å²) in [5.74, 6) is 0. The second-order valence-electron chi connectivity index (χ2n) is 4.86. The summed E-state index contributed by atoms with van der Waals surface area (Å²) in [6.45, 7) is 0. The standard InChI is InChI=1S/C17H12BrCl2N/c18-16-6-5-15(13-3-1-2-4-14(13)16)17(21)10-7-11(19)9-12(20)8-10/h1-9,17H,21H2. The molecular formula is C17H12BrCl2N. The third kappa shape index (κ3) is 2.95. The summed E-state index contributed by atoms with van der Waals surface area (Å²) in [6.07, 6.45) is 0. The average molecular weight is 381 g/mol. The summed E-state index contributed by atoms with van der Waals surface area (Å²) in [6, 6.07) is 17.4. The first-order valence-corrected chi connectivity index (χ1v) is 8.00. The molecule has 3 aromatic carbocycles. The van der Waals surface area contributed by atoms with Gasteiger partial charge in [-0.3, -0.25) is 0 Å². The Bertz CT molecular complexity index is 797. The minimum absolute atomic E-state index is 0.279. The minimum atomic E-state index is -0.279. The number of rotatable bonds is 2. The van der Waals surface area contributed by atoms with E-state index in [9.17, 15) is 0 Å². The predicted molar refractivity (Wildman–Crippen MR) is 94.1 cm³/mol. The smallest absolute Gasteiger partial charge is 0.0558 e. The summed E-state index contributed by atoms with van der Waals surface area (Å²) >= 11 is 15.7. The van der Waals surface area contributed by atoms with E-state index < -0.39 is 0 Å². The Morgan fingerprint density at radius 2 is 1.48 bits per heavy atom. The van der Waals surface area contributed by atoms with Gasteiger partial charge in [0.2, 0.25) is 0 Å². The molecule has 0 heterocycles. The lowest BCUT2D eigenvalue weighted by Gasteiger charge is -2.16. The van der Waals surface area contributed by atoms with Crippen molar-refractivity contribution in [1.82, 2.24) is 0 Å². The largest absolute Gasteiger partial charge is 0.320 e. The molecule has 4 heteroatoms. The van der Waals surface area contributed by atoms with Crippen molar-refractivity contribution in [3.63, 3.8) is 0 Å². The molecule has 0 bridgehead atoms. The lowest BCUT2D eigenvalue weighted by Crippen LogP contribution is -2.12. The number of hydrogen-bond acceptors (Lipinski definition) is 1. The SMILES string of the molecule is NC(c1cc(Cl)cc(Cl)c1)c1ccc(Br)c2ccccc12. The van der Waals surface area contributed by atoms with E-state index in [1.165, 1.54) is 0 Å². The lowest BCUT2D eigenvalue weighted by atomic mass is 9.94. The van der Waals surface area contributed by atoms with Crippen LogP contribution in [0.25, 0.3) is 10.8 Å². The summed E-state index contributed by atoms with van der Waals surface area (Å²) in [5.41, 5.74) is 8.39. The first-order chi connectivity index (χ1) is 10.1. The van der Waals surface area contributed by atoms with Crippen LogP contribution in [-0.4, -0.2) is 0 Å². The fourth-order valence-electron chi connectivity index (χ4n) is 2.49. The molecule has 2 N–H and O–H groups in total. The van der Waals surface area contributed by atoms with Crippen molar-refractivity contribution >= 4 is 49.9 Å². The van der Waals surface area contributed by atoms with Crippen LogP contribution in [-0.2, 0) is 0 Å². The van der Waals surface area contributed by atoms with Gasteiger partial charge in [-0.2, -0.15) is 0 Å². The van der Waals surface area contributed by atoms with E-state index in [2.05, 4.69) is 28.1 Å². The maximum atomic E-state index is 6.44. The van der Waals surface area contributed by atoms with Crippen LogP contribution in [0.5, 0.6) is 0 Å². The van der Waals surface area contributed by atoms with Crippen LogP contribution in [0, 0.1) is 0 Å². The van der Waals surface area contributed by atoms with E-state index in [0.29, 0.717) is 10.0 Å². The van der Waals surface area contributed by atoms with E-state index in [1.54, 1.807) is 6.07 Å². The number of nitrogens with two attached hydrogens (primary N) is 1. The van der Waals surface area contributed by atoms with Gasteiger partial charge in [-0.05, 0) is 46.2 Å². The molecule has 0 aromatic heterocycles. The highest BCUT2D eigenvalue weighted by Crippen LogP contribution is 2.33. The van der Waals surface area contributed by atoms with Gasteiger partial charge >= 0.3 is 0 Å². The first kappa shape index (κ1) is 14.9. The van der Waals surface area contributed by atoms with Crippen LogP contribution in [0.4, 0.5) is 0 Å². The molecule has 0 fully saturated rings. The quantitative estimate of drug-likeness (QED) is 0.583. The monoisotopic (exact) mass is 379 g/mol. The van der Waals surface area contributed by atoms with Crippen molar-refractivity contribution in [3.05, 3.63) is 80.2 Å². The summed E-state index contributed by atoms with van der Waals surface area (Å²) in [5, 5.41) is 3.44. The zero-order chi connectivity index (χ0) is 15.0. The fraction of sp³-hybridized carbons (Fsp3) is 0.0588. The first-order valence-electron chi connectivity index (χ1n) is 6.45. The molecule has 106 valence electrons. The van der Waals surface area contributed by atoms with Crippen molar-refractivity contribution in [3.8, 4) is 0 Å². The lowest BCUT2D eigenvalue weighted by molar-refractivity contribution is 0.881. The predicted octanol–water partition coefficient (Wildman–Crippen LogP) is 5.96. The van der Waals surface area contributed by atoms with Crippen LogP contribution in [0.1, 0.15) is 17.2 Å². The average Bonchev–Trinajstić information content (AvgIpc) is 2.46. The Morgan fingerprint density at radius 1 is 0.857 bits per heavy atom. The van der Waals surface area contributed by atoms with Gasteiger partial charge in [-0.15, -0.1) is 0 Å². The Hall–Kier alpha value is -1.06. The highest BCUT2D eigenvalue weighted by atomic mass is 79.9. The molecule has 0 radical (unpaired) electrons. The van der Waals surface area contributed by atoms with Gasteiger partial charge in [-0.1, -0.05) is 69.5 Å². The molecule has 0 amide bonds. The van der Waals surface area contributed by atoms with E-state index in [-0.39, 0.29) is 6.04 Å². The van der Waals surface area contributed by atoms with Crippen LogP contribution in [0.2, 0.25) is 10.0 Å². The van der Waals surface area contributed by atoms with E-state index >= 15 is 0 Å².